The first-order valence-corrected chi connectivity index (χ1v) is 7.90. The van der Waals surface area contributed by atoms with Crippen molar-refractivity contribution in [3.05, 3.63) is 52.4 Å². The van der Waals surface area contributed by atoms with Gasteiger partial charge in [-0.2, -0.15) is 0 Å². The molecule has 0 unspecified atom stereocenters. The number of benzene rings is 1. The third-order valence-electron chi connectivity index (χ3n) is 3.26. The van der Waals surface area contributed by atoms with E-state index in [1.807, 2.05) is 6.07 Å². The Morgan fingerprint density at radius 3 is 2.62 bits per heavy atom. The van der Waals surface area contributed by atoms with Crippen LogP contribution in [-0.2, 0) is 13.1 Å². The van der Waals surface area contributed by atoms with Crippen LogP contribution in [0, 0.1) is 0 Å². The van der Waals surface area contributed by atoms with Crippen LogP contribution in [0.5, 0.6) is 0 Å². The van der Waals surface area contributed by atoms with Crippen LogP contribution in [0.1, 0.15) is 31.9 Å². The van der Waals surface area contributed by atoms with Crippen LogP contribution in [0.3, 0.4) is 0 Å². The second-order valence-electron chi connectivity index (χ2n) is 6.36. The van der Waals surface area contributed by atoms with E-state index < -0.39 is 0 Å². The van der Waals surface area contributed by atoms with Crippen LogP contribution < -0.4 is 10.2 Å². The predicted octanol–water partition coefficient (Wildman–Crippen LogP) is 4.57. The van der Waals surface area contributed by atoms with Gasteiger partial charge in [0, 0.05) is 41.4 Å². The van der Waals surface area contributed by atoms with Crippen molar-refractivity contribution in [3.8, 4) is 0 Å². The summed E-state index contributed by atoms with van der Waals surface area (Å²) in [5.74, 6) is 0. The molecule has 0 saturated heterocycles. The van der Waals surface area contributed by atoms with Gasteiger partial charge < -0.3 is 14.6 Å². The number of hydrogen-bond acceptors (Lipinski definition) is 3. The lowest BCUT2D eigenvalue weighted by molar-refractivity contribution is 0.424. The molecule has 1 aromatic heterocycles. The quantitative estimate of drug-likeness (QED) is 0.856. The van der Waals surface area contributed by atoms with Crippen LogP contribution in [0.4, 0.5) is 5.69 Å². The van der Waals surface area contributed by atoms with E-state index in [9.17, 15) is 0 Å². The Bertz CT molecular complexity index is 573. The lowest BCUT2D eigenvalue weighted by Crippen LogP contribution is -2.35. The van der Waals surface area contributed by atoms with Gasteiger partial charge in [0.05, 0.1) is 12.5 Å². The molecule has 1 N–H and O–H groups in total. The first-order valence-electron chi connectivity index (χ1n) is 7.11. The molecule has 0 aliphatic heterocycles. The molecule has 114 valence electrons. The number of nitrogens with zero attached hydrogens (tertiary/aromatic N) is 1. The average Bonchev–Trinajstić information content (AvgIpc) is 2.88. The van der Waals surface area contributed by atoms with Crippen molar-refractivity contribution >= 4 is 21.6 Å². The van der Waals surface area contributed by atoms with Crippen molar-refractivity contribution < 1.29 is 4.42 Å². The number of furan rings is 1. The van der Waals surface area contributed by atoms with Gasteiger partial charge in [0.2, 0.25) is 0 Å². The molecule has 0 aliphatic carbocycles. The van der Waals surface area contributed by atoms with E-state index >= 15 is 0 Å². The van der Waals surface area contributed by atoms with Crippen molar-refractivity contribution in [1.82, 2.24) is 5.32 Å². The van der Waals surface area contributed by atoms with Gasteiger partial charge in [-0.05, 0) is 50.6 Å². The molecule has 0 atom stereocenters. The zero-order valence-electron chi connectivity index (χ0n) is 13.1. The number of rotatable bonds is 5. The summed E-state index contributed by atoms with van der Waals surface area (Å²) in [6.07, 6.45) is 3.51. The van der Waals surface area contributed by atoms with E-state index in [2.05, 4.69) is 72.2 Å². The minimum absolute atomic E-state index is 0.0999. The summed E-state index contributed by atoms with van der Waals surface area (Å²) in [6, 6.07) is 8.42. The van der Waals surface area contributed by atoms with Crippen LogP contribution in [0.25, 0.3) is 0 Å². The highest BCUT2D eigenvalue weighted by atomic mass is 79.9. The number of anilines is 1. The van der Waals surface area contributed by atoms with Crippen molar-refractivity contribution in [2.24, 2.45) is 0 Å². The molecule has 0 spiro atoms. The lowest BCUT2D eigenvalue weighted by atomic mass is 10.1. The molecule has 21 heavy (non-hydrogen) atoms. The molecule has 0 aliphatic rings. The van der Waals surface area contributed by atoms with Crippen LogP contribution in [0.2, 0.25) is 0 Å². The molecule has 0 fully saturated rings. The predicted molar refractivity (Wildman–Crippen MR) is 91.5 cm³/mol. The fourth-order valence-corrected chi connectivity index (χ4v) is 2.58. The summed E-state index contributed by atoms with van der Waals surface area (Å²) in [5.41, 5.74) is 3.79. The molecule has 1 aromatic carbocycles. The third-order valence-corrected chi connectivity index (χ3v) is 3.76. The summed E-state index contributed by atoms with van der Waals surface area (Å²) in [4.78, 5) is 2.25. The van der Waals surface area contributed by atoms with Gasteiger partial charge in [-0.1, -0.05) is 15.9 Å². The van der Waals surface area contributed by atoms with Crippen LogP contribution in [-0.4, -0.2) is 12.6 Å². The maximum atomic E-state index is 5.15. The van der Waals surface area contributed by atoms with E-state index in [1.165, 1.54) is 16.8 Å². The Morgan fingerprint density at radius 2 is 2.00 bits per heavy atom. The Balaban J connectivity index is 2.17. The van der Waals surface area contributed by atoms with E-state index in [4.69, 9.17) is 4.42 Å². The normalized spacial score (nSPS) is 11.7. The molecular formula is C17H23BrN2O. The summed E-state index contributed by atoms with van der Waals surface area (Å²) in [5, 5.41) is 3.55. The van der Waals surface area contributed by atoms with E-state index in [0.29, 0.717) is 0 Å². The van der Waals surface area contributed by atoms with Gasteiger partial charge in [-0.15, -0.1) is 0 Å². The van der Waals surface area contributed by atoms with Crippen molar-refractivity contribution in [2.45, 2.75) is 39.4 Å². The van der Waals surface area contributed by atoms with Gasteiger partial charge >= 0.3 is 0 Å². The minimum Gasteiger partial charge on any atom is -0.472 e. The summed E-state index contributed by atoms with van der Waals surface area (Å²) in [6.45, 7) is 8.22. The largest absolute Gasteiger partial charge is 0.472 e. The molecule has 0 saturated carbocycles. The Labute approximate surface area is 135 Å². The second-order valence-corrected chi connectivity index (χ2v) is 7.28. The maximum Gasteiger partial charge on any atom is 0.0952 e. The van der Waals surface area contributed by atoms with E-state index in [-0.39, 0.29) is 5.54 Å². The molecule has 1 heterocycles. The number of hydrogen-bond donors (Lipinski definition) is 1. The molecular weight excluding hydrogens is 328 g/mol. The van der Waals surface area contributed by atoms with Crippen molar-refractivity contribution in [1.29, 1.82) is 0 Å². The first kappa shape index (κ1) is 16.1. The maximum absolute atomic E-state index is 5.15. The van der Waals surface area contributed by atoms with Gasteiger partial charge in [0.25, 0.3) is 0 Å². The monoisotopic (exact) mass is 350 g/mol. The molecule has 2 aromatic rings. The molecule has 2 rings (SSSR count). The fourth-order valence-electron chi connectivity index (χ4n) is 2.17. The Morgan fingerprint density at radius 1 is 1.24 bits per heavy atom. The minimum atomic E-state index is 0.0999. The topological polar surface area (TPSA) is 28.4 Å². The van der Waals surface area contributed by atoms with Gasteiger partial charge in [-0.3, -0.25) is 0 Å². The number of nitrogens with one attached hydrogen (secondary N) is 1. The number of halogens is 1. The standard InChI is InChI=1S/C17H23BrN2O/c1-17(2,3)19-10-14-9-15(18)5-6-16(14)20(4)11-13-7-8-21-12-13/h5-9,12,19H,10-11H2,1-4H3. The molecule has 4 heteroatoms. The zero-order chi connectivity index (χ0) is 15.5. The summed E-state index contributed by atoms with van der Waals surface area (Å²) >= 11 is 3.57. The smallest absolute Gasteiger partial charge is 0.0952 e. The van der Waals surface area contributed by atoms with Crippen LogP contribution in [0.15, 0.2) is 45.7 Å². The van der Waals surface area contributed by atoms with Gasteiger partial charge in [0.15, 0.2) is 0 Å². The summed E-state index contributed by atoms with van der Waals surface area (Å²) < 4.78 is 6.25. The zero-order valence-corrected chi connectivity index (χ0v) is 14.7. The molecule has 3 nitrogen and oxygen atoms in total. The average molecular weight is 351 g/mol. The highest BCUT2D eigenvalue weighted by molar-refractivity contribution is 9.10. The van der Waals surface area contributed by atoms with Crippen LogP contribution >= 0.6 is 15.9 Å². The van der Waals surface area contributed by atoms with Crippen molar-refractivity contribution in [3.63, 3.8) is 0 Å². The highest BCUT2D eigenvalue weighted by Crippen LogP contribution is 2.25. The SMILES string of the molecule is CN(Cc1ccoc1)c1ccc(Br)cc1CNC(C)(C)C. The summed E-state index contributed by atoms with van der Waals surface area (Å²) in [7, 11) is 2.11. The second kappa shape index (κ2) is 6.67. The van der Waals surface area contributed by atoms with E-state index in [1.54, 1.807) is 12.5 Å². The van der Waals surface area contributed by atoms with Gasteiger partial charge in [-0.25, -0.2) is 0 Å². The molecule has 0 bridgehead atoms. The Kier molecular flexibility index (Phi) is 5.12. The van der Waals surface area contributed by atoms with Gasteiger partial charge in [0.1, 0.15) is 0 Å². The first-order chi connectivity index (χ1) is 9.85. The molecule has 0 radical (unpaired) electrons. The van der Waals surface area contributed by atoms with E-state index in [0.717, 1.165) is 17.6 Å². The third kappa shape index (κ3) is 4.90. The fraction of sp³-hybridized carbons (Fsp3) is 0.412. The highest BCUT2D eigenvalue weighted by Gasteiger charge is 2.13. The lowest BCUT2D eigenvalue weighted by Gasteiger charge is -2.25. The van der Waals surface area contributed by atoms with Crippen molar-refractivity contribution in [2.75, 3.05) is 11.9 Å². The molecule has 0 amide bonds. The Hall–Kier alpha value is -1.26.